The van der Waals surface area contributed by atoms with Gasteiger partial charge in [-0.15, -0.1) is 0 Å². The van der Waals surface area contributed by atoms with Crippen LogP contribution in [0.2, 0.25) is 0 Å². The molecule has 0 aromatic heterocycles. The van der Waals surface area contributed by atoms with Gasteiger partial charge in [-0.3, -0.25) is 0 Å². The second kappa shape index (κ2) is 8.92. The lowest BCUT2D eigenvalue weighted by molar-refractivity contribution is -0.149. The fraction of sp³-hybridized carbons (Fsp3) is 1.00. The lowest BCUT2D eigenvalue weighted by Gasteiger charge is -2.47. The molecule has 150 valence electrons. The second-order valence-corrected chi connectivity index (χ2v) is 9.85. The van der Waals surface area contributed by atoms with E-state index >= 15 is 0 Å². The van der Waals surface area contributed by atoms with Crippen molar-refractivity contribution in [2.75, 3.05) is 0 Å². The minimum absolute atomic E-state index is 0.0837. The van der Waals surface area contributed by atoms with Crippen LogP contribution in [-0.2, 0) is 9.47 Å². The van der Waals surface area contributed by atoms with E-state index in [4.69, 9.17) is 9.47 Å². The third-order valence-electron chi connectivity index (χ3n) is 7.90. The van der Waals surface area contributed by atoms with E-state index in [1.54, 1.807) is 0 Å². The summed E-state index contributed by atoms with van der Waals surface area (Å²) in [6.45, 7) is 2.39. The van der Waals surface area contributed by atoms with E-state index in [9.17, 15) is 5.11 Å². The first-order valence-electron chi connectivity index (χ1n) is 11.7. The molecule has 0 amide bonds. The number of aliphatic hydroxyl groups excluding tert-OH is 1. The summed E-state index contributed by atoms with van der Waals surface area (Å²) in [5.74, 6) is 2.35. The Labute approximate surface area is 160 Å². The maximum atomic E-state index is 9.75. The van der Waals surface area contributed by atoms with Crippen molar-refractivity contribution in [3.8, 4) is 0 Å². The van der Waals surface area contributed by atoms with E-state index in [0.717, 1.165) is 43.4 Å². The average molecular weight is 365 g/mol. The molecule has 4 fully saturated rings. The van der Waals surface area contributed by atoms with Crippen molar-refractivity contribution in [2.24, 2.45) is 17.8 Å². The quantitative estimate of drug-likeness (QED) is 0.741. The Hall–Kier alpha value is -0.120. The molecule has 0 spiro atoms. The number of aliphatic hydroxyl groups is 1. The predicted molar refractivity (Wildman–Crippen MR) is 104 cm³/mol. The summed E-state index contributed by atoms with van der Waals surface area (Å²) >= 11 is 0. The summed E-state index contributed by atoms with van der Waals surface area (Å²) in [6, 6.07) is 0. The van der Waals surface area contributed by atoms with Crippen LogP contribution in [0.4, 0.5) is 0 Å². The highest BCUT2D eigenvalue weighted by Gasteiger charge is 2.43. The molecule has 4 rings (SSSR count). The van der Waals surface area contributed by atoms with Crippen molar-refractivity contribution in [1.82, 2.24) is 0 Å². The van der Waals surface area contributed by atoms with Gasteiger partial charge in [-0.25, -0.2) is 0 Å². The van der Waals surface area contributed by atoms with Gasteiger partial charge in [-0.1, -0.05) is 19.8 Å². The van der Waals surface area contributed by atoms with Crippen molar-refractivity contribution in [3.05, 3.63) is 0 Å². The zero-order valence-corrected chi connectivity index (χ0v) is 16.8. The van der Waals surface area contributed by atoms with Gasteiger partial charge in [-0.05, 0) is 94.8 Å². The highest BCUT2D eigenvalue weighted by atomic mass is 16.5. The van der Waals surface area contributed by atoms with E-state index in [-0.39, 0.29) is 6.10 Å². The maximum absolute atomic E-state index is 9.75. The Balaban J connectivity index is 1.32. The molecule has 4 atom stereocenters. The fourth-order valence-corrected chi connectivity index (χ4v) is 6.27. The fourth-order valence-electron chi connectivity index (χ4n) is 6.27. The lowest BCUT2D eigenvalue weighted by atomic mass is 9.67. The number of ether oxygens (including phenoxy) is 2. The molecular formula is C23H40O3. The molecule has 1 N–H and O–H groups in total. The van der Waals surface area contributed by atoms with Crippen molar-refractivity contribution in [2.45, 2.75) is 127 Å². The van der Waals surface area contributed by atoms with Crippen molar-refractivity contribution >= 4 is 0 Å². The monoisotopic (exact) mass is 364 g/mol. The van der Waals surface area contributed by atoms with Crippen LogP contribution in [0, 0.1) is 17.8 Å². The molecule has 0 bridgehead atoms. The van der Waals surface area contributed by atoms with E-state index in [1.807, 2.05) is 0 Å². The van der Waals surface area contributed by atoms with E-state index in [0.29, 0.717) is 24.4 Å². The largest absolute Gasteiger partial charge is 0.393 e. The summed E-state index contributed by atoms with van der Waals surface area (Å²) in [5.41, 5.74) is 0. The Kier molecular flexibility index (Phi) is 6.59. The van der Waals surface area contributed by atoms with Gasteiger partial charge >= 0.3 is 0 Å². The number of hydrogen-bond acceptors (Lipinski definition) is 3. The number of rotatable bonds is 4. The molecule has 3 nitrogen and oxygen atoms in total. The smallest absolute Gasteiger partial charge is 0.0610 e. The lowest BCUT2D eigenvalue weighted by Crippen LogP contribution is -2.46. The van der Waals surface area contributed by atoms with Gasteiger partial charge in [0.05, 0.1) is 30.5 Å². The van der Waals surface area contributed by atoms with Crippen LogP contribution in [0.15, 0.2) is 0 Å². The minimum atomic E-state index is -0.0837. The van der Waals surface area contributed by atoms with Crippen molar-refractivity contribution in [3.63, 3.8) is 0 Å². The van der Waals surface area contributed by atoms with Gasteiger partial charge in [0.15, 0.2) is 0 Å². The topological polar surface area (TPSA) is 38.7 Å². The molecule has 0 aromatic carbocycles. The molecule has 0 aromatic rings. The molecule has 0 aliphatic heterocycles. The first-order valence-corrected chi connectivity index (χ1v) is 11.7. The summed E-state index contributed by atoms with van der Waals surface area (Å²) in [7, 11) is 0. The van der Waals surface area contributed by atoms with Gasteiger partial charge < -0.3 is 14.6 Å². The van der Waals surface area contributed by atoms with E-state index in [2.05, 4.69) is 6.92 Å². The molecule has 0 saturated heterocycles. The Morgan fingerprint density at radius 3 is 1.54 bits per heavy atom. The van der Waals surface area contributed by atoms with Gasteiger partial charge in [0, 0.05) is 0 Å². The molecule has 26 heavy (non-hydrogen) atoms. The van der Waals surface area contributed by atoms with Gasteiger partial charge in [-0.2, -0.15) is 0 Å². The van der Waals surface area contributed by atoms with Gasteiger partial charge in [0.1, 0.15) is 0 Å². The SMILES string of the molecule is CC1CCC(OC2CCCC3C(OC4CCC(O)CC4)CCCC23)CC1. The van der Waals surface area contributed by atoms with Crippen molar-refractivity contribution in [1.29, 1.82) is 0 Å². The summed E-state index contributed by atoms with van der Waals surface area (Å²) in [6.07, 6.45) is 18.8. The highest BCUT2D eigenvalue weighted by Crippen LogP contribution is 2.45. The zero-order valence-electron chi connectivity index (χ0n) is 16.8. The third-order valence-corrected chi connectivity index (χ3v) is 7.90. The second-order valence-electron chi connectivity index (χ2n) is 9.85. The Morgan fingerprint density at radius 2 is 1.04 bits per heavy atom. The molecule has 4 unspecified atom stereocenters. The highest BCUT2D eigenvalue weighted by molar-refractivity contribution is 4.92. The van der Waals surface area contributed by atoms with E-state index < -0.39 is 0 Å². The van der Waals surface area contributed by atoms with Gasteiger partial charge in [0.25, 0.3) is 0 Å². The first-order chi connectivity index (χ1) is 12.7. The predicted octanol–water partition coefficient (Wildman–Crippen LogP) is 5.24. The Morgan fingerprint density at radius 1 is 0.577 bits per heavy atom. The molecule has 3 heteroatoms. The van der Waals surface area contributed by atoms with Crippen LogP contribution in [0.25, 0.3) is 0 Å². The van der Waals surface area contributed by atoms with Crippen LogP contribution in [-0.4, -0.2) is 35.6 Å². The summed E-state index contributed by atoms with van der Waals surface area (Å²) in [4.78, 5) is 0. The average Bonchev–Trinajstić information content (AvgIpc) is 2.66. The number of fused-ring (bicyclic) bond motifs is 1. The molecular weight excluding hydrogens is 324 g/mol. The van der Waals surface area contributed by atoms with Crippen LogP contribution in [0.5, 0.6) is 0 Å². The molecule has 4 saturated carbocycles. The molecule has 0 radical (unpaired) electrons. The zero-order chi connectivity index (χ0) is 17.9. The van der Waals surface area contributed by atoms with Crippen LogP contribution in [0.1, 0.15) is 96.8 Å². The third kappa shape index (κ3) is 4.64. The van der Waals surface area contributed by atoms with Crippen LogP contribution < -0.4 is 0 Å². The molecule has 4 aliphatic carbocycles. The maximum Gasteiger partial charge on any atom is 0.0610 e. The van der Waals surface area contributed by atoms with Gasteiger partial charge in [0.2, 0.25) is 0 Å². The first kappa shape index (κ1) is 19.2. The summed E-state index contributed by atoms with van der Waals surface area (Å²) in [5, 5.41) is 9.75. The van der Waals surface area contributed by atoms with Crippen LogP contribution in [0.3, 0.4) is 0 Å². The normalized spacial score (nSPS) is 47.3. The van der Waals surface area contributed by atoms with Crippen molar-refractivity contribution < 1.29 is 14.6 Å². The molecule has 0 heterocycles. The van der Waals surface area contributed by atoms with E-state index in [1.165, 1.54) is 64.2 Å². The standard InChI is InChI=1S/C23H40O3/c1-16-8-12-18(13-9-16)25-22-6-2-5-21-20(22)4-3-7-23(21)26-19-14-10-17(24)11-15-19/h16-24H,2-15H2,1H3. The number of hydrogen-bond donors (Lipinski definition) is 1. The molecule has 4 aliphatic rings. The minimum Gasteiger partial charge on any atom is -0.393 e. The Bertz CT molecular complexity index is 383. The summed E-state index contributed by atoms with van der Waals surface area (Å²) < 4.78 is 13.3. The van der Waals surface area contributed by atoms with Crippen LogP contribution >= 0.6 is 0 Å².